The summed E-state index contributed by atoms with van der Waals surface area (Å²) in [6, 6.07) is 6.48. The van der Waals surface area contributed by atoms with Gasteiger partial charge in [0.25, 0.3) is 0 Å². The van der Waals surface area contributed by atoms with Crippen LogP contribution in [-0.2, 0) is 19.1 Å². The first-order chi connectivity index (χ1) is 16.5. The highest BCUT2D eigenvalue weighted by Gasteiger charge is 2.73. The van der Waals surface area contributed by atoms with Gasteiger partial charge in [-0.05, 0) is 56.9 Å². The van der Waals surface area contributed by atoms with Gasteiger partial charge in [0.05, 0.1) is 30.3 Å². The van der Waals surface area contributed by atoms with Crippen molar-refractivity contribution in [1.29, 1.82) is 0 Å². The Morgan fingerprint density at radius 3 is 2.62 bits per heavy atom. The summed E-state index contributed by atoms with van der Waals surface area (Å²) in [6.07, 6.45) is 4.75. The van der Waals surface area contributed by atoms with Crippen molar-refractivity contribution in [3.8, 4) is 5.75 Å². The van der Waals surface area contributed by atoms with Gasteiger partial charge in [-0.25, -0.2) is 0 Å². The van der Waals surface area contributed by atoms with E-state index in [1.807, 2.05) is 0 Å². The molecule has 3 heterocycles. The molecule has 2 unspecified atom stereocenters. The highest BCUT2D eigenvalue weighted by atomic mass is 32.2. The maximum absolute atomic E-state index is 13.7. The van der Waals surface area contributed by atoms with E-state index in [1.54, 1.807) is 55.0 Å². The number of unbranched alkanes of at least 4 members (excludes halogenated alkanes) is 3. The van der Waals surface area contributed by atoms with E-state index in [4.69, 9.17) is 14.6 Å². The Balaban J connectivity index is 1.59. The first-order valence-electron chi connectivity index (χ1n) is 12.2. The minimum atomic E-state index is -0.639. The molecule has 0 aliphatic carbocycles. The number of fused-ring (bicyclic) bond motifs is 1. The molecule has 2 N–H and O–H groups in total. The standard InChI is InChI=1S/C25H34N2O6S/c1-3-33-24(31)19-18-12-13-25(34-18)20(19)23(30)27(14-6-4-5-7-15-28)21(25)22(29)26-16-8-10-17(32-2)11-9-16/h8-11,18-21,28H,3-7,12-15H2,1-2H3,(H,26,29)/t18-,19+,20+,21?,25?/m1/s1. The van der Waals surface area contributed by atoms with Crippen molar-refractivity contribution in [3.63, 3.8) is 0 Å². The van der Waals surface area contributed by atoms with Crippen LogP contribution in [0.2, 0.25) is 0 Å². The topological polar surface area (TPSA) is 105 Å². The van der Waals surface area contributed by atoms with Gasteiger partial charge in [-0.3, -0.25) is 14.4 Å². The number of carbonyl (C=O) groups is 3. The second-order valence-corrected chi connectivity index (χ2v) is 10.8. The summed E-state index contributed by atoms with van der Waals surface area (Å²) in [7, 11) is 1.59. The number of hydrogen-bond acceptors (Lipinski definition) is 7. The van der Waals surface area contributed by atoms with Crippen LogP contribution in [0, 0.1) is 11.8 Å². The van der Waals surface area contributed by atoms with Gasteiger partial charge in [-0.2, -0.15) is 0 Å². The van der Waals surface area contributed by atoms with Gasteiger partial charge in [0.15, 0.2) is 0 Å². The number of esters is 1. The molecule has 3 saturated heterocycles. The highest BCUT2D eigenvalue weighted by molar-refractivity contribution is 8.02. The van der Waals surface area contributed by atoms with Gasteiger partial charge < -0.3 is 24.8 Å². The summed E-state index contributed by atoms with van der Waals surface area (Å²) < 4.78 is 9.93. The fraction of sp³-hybridized carbons (Fsp3) is 0.640. The van der Waals surface area contributed by atoms with Crippen LogP contribution < -0.4 is 10.1 Å². The van der Waals surface area contributed by atoms with Gasteiger partial charge >= 0.3 is 5.97 Å². The SMILES string of the molecule is CCOC(=O)[C@@H]1[C@H]2C(=O)N(CCCCCCO)C(C(=O)Nc3ccc(OC)cc3)C23CC[C@H]1S3. The molecule has 0 saturated carbocycles. The van der Waals surface area contributed by atoms with Crippen molar-refractivity contribution in [1.82, 2.24) is 4.90 Å². The lowest BCUT2D eigenvalue weighted by Gasteiger charge is -2.34. The minimum Gasteiger partial charge on any atom is -0.497 e. The third-order valence-corrected chi connectivity index (χ3v) is 9.22. The van der Waals surface area contributed by atoms with E-state index in [1.165, 1.54) is 0 Å². The van der Waals surface area contributed by atoms with Crippen molar-refractivity contribution in [2.24, 2.45) is 11.8 Å². The number of amides is 2. The maximum atomic E-state index is 13.7. The van der Waals surface area contributed by atoms with Crippen LogP contribution in [0.1, 0.15) is 45.4 Å². The second kappa shape index (κ2) is 10.6. The molecule has 8 nitrogen and oxygen atoms in total. The summed E-state index contributed by atoms with van der Waals surface area (Å²) in [5.74, 6) is -0.974. The molecule has 9 heteroatoms. The Labute approximate surface area is 204 Å². The molecule has 1 aromatic carbocycles. The van der Waals surface area contributed by atoms with E-state index in [2.05, 4.69) is 5.32 Å². The molecule has 1 aromatic rings. The first kappa shape index (κ1) is 24.9. The molecule has 3 fully saturated rings. The number of thioether (sulfide) groups is 1. The maximum Gasteiger partial charge on any atom is 0.310 e. The lowest BCUT2D eigenvalue weighted by Crippen LogP contribution is -2.51. The normalized spacial score (nSPS) is 29.3. The number of likely N-dealkylation sites (tertiary alicyclic amines) is 1. The molecular formula is C25H34N2O6S. The number of nitrogens with zero attached hydrogens (tertiary/aromatic N) is 1. The Kier molecular flexibility index (Phi) is 7.72. The molecule has 5 atom stereocenters. The molecule has 2 amide bonds. The van der Waals surface area contributed by atoms with Crippen LogP contribution in [0.3, 0.4) is 0 Å². The Morgan fingerprint density at radius 1 is 1.21 bits per heavy atom. The van der Waals surface area contributed by atoms with E-state index >= 15 is 0 Å². The zero-order chi connectivity index (χ0) is 24.3. The van der Waals surface area contributed by atoms with Crippen molar-refractivity contribution in [2.75, 3.05) is 32.2 Å². The number of aliphatic hydroxyl groups excluding tert-OH is 1. The van der Waals surface area contributed by atoms with Gasteiger partial charge in [-0.15, -0.1) is 11.8 Å². The van der Waals surface area contributed by atoms with Gasteiger partial charge in [0.1, 0.15) is 11.8 Å². The molecule has 4 rings (SSSR count). The quantitative estimate of drug-likeness (QED) is 0.363. The summed E-state index contributed by atoms with van der Waals surface area (Å²) in [5.41, 5.74) is 0.639. The third kappa shape index (κ3) is 4.40. The van der Waals surface area contributed by atoms with Gasteiger partial charge in [-0.1, -0.05) is 12.8 Å². The third-order valence-electron chi connectivity index (χ3n) is 7.27. The largest absolute Gasteiger partial charge is 0.497 e. The minimum absolute atomic E-state index is 0.0102. The molecule has 0 aromatic heterocycles. The van der Waals surface area contributed by atoms with Crippen LogP contribution in [-0.4, -0.2) is 70.7 Å². The summed E-state index contributed by atoms with van der Waals surface area (Å²) in [6.45, 7) is 2.66. The summed E-state index contributed by atoms with van der Waals surface area (Å²) >= 11 is 1.64. The molecule has 1 spiro atoms. The number of benzene rings is 1. The molecule has 34 heavy (non-hydrogen) atoms. The lowest BCUT2D eigenvalue weighted by atomic mass is 9.71. The van der Waals surface area contributed by atoms with Crippen molar-refractivity contribution in [2.45, 2.75) is 61.5 Å². The smallest absolute Gasteiger partial charge is 0.310 e. The van der Waals surface area contributed by atoms with Crippen LogP contribution in [0.25, 0.3) is 0 Å². The Bertz CT molecular complexity index is 909. The van der Waals surface area contributed by atoms with E-state index in [0.29, 0.717) is 18.0 Å². The zero-order valence-corrected chi connectivity index (χ0v) is 20.6. The van der Waals surface area contributed by atoms with Crippen LogP contribution in [0.15, 0.2) is 24.3 Å². The van der Waals surface area contributed by atoms with Crippen molar-refractivity contribution >= 4 is 35.2 Å². The van der Waals surface area contributed by atoms with E-state index in [9.17, 15) is 14.4 Å². The van der Waals surface area contributed by atoms with Crippen molar-refractivity contribution < 1.29 is 29.0 Å². The summed E-state index contributed by atoms with van der Waals surface area (Å²) in [4.78, 5) is 42.0. The first-order valence-corrected chi connectivity index (χ1v) is 13.1. The van der Waals surface area contributed by atoms with Crippen LogP contribution >= 0.6 is 11.8 Å². The molecule has 186 valence electrons. The molecular weight excluding hydrogens is 456 g/mol. The number of carbonyl (C=O) groups excluding carboxylic acids is 3. The number of ether oxygens (including phenoxy) is 2. The van der Waals surface area contributed by atoms with Crippen LogP contribution in [0.5, 0.6) is 5.75 Å². The monoisotopic (exact) mass is 490 g/mol. The van der Waals surface area contributed by atoms with Gasteiger partial charge in [0.2, 0.25) is 11.8 Å². The average molecular weight is 491 g/mol. The Hall–Kier alpha value is -2.26. The molecule has 2 bridgehead atoms. The number of anilines is 1. The van der Waals surface area contributed by atoms with Crippen LogP contribution in [0.4, 0.5) is 5.69 Å². The Morgan fingerprint density at radius 2 is 1.94 bits per heavy atom. The predicted molar refractivity (Wildman–Crippen MR) is 130 cm³/mol. The molecule has 3 aliphatic rings. The molecule has 0 radical (unpaired) electrons. The van der Waals surface area contributed by atoms with E-state index in [-0.39, 0.29) is 36.2 Å². The fourth-order valence-electron chi connectivity index (χ4n) is 5.83. The number of rotatable bonds is 11. The second-order valence-electron chi connectivity index (χ2n) is 9.20. The predicted octanol–water partition coefficient (Wildman–Crippen LogP) is 2.84. The fourth-order valence-corrected chi connectivity index (χ4v) is 8.04. The van der Waals surface area contributed by atoms with E-state index < -0.39 is 22.6 Å². The number of nitrogens with one attached hydrogen (secondary N) is 1. The zero-order valence-electron chi connectivity index (χ0n) is 19.8. The number of hydrogen-bond donors (Lipinski definition) is 2. The summed E-state index contributed by atoms with van der Waals surface area (Å²) in [5, 5.41) is 12.1. The highest BCUT2D eigenvalue weighted by Crippen LogP contribution is 2.66. The lowest BCUT2D eigenvalue weighted by molar-refractivity contribution is -0.153. The molecule has 3 aliphatic heterocycles. The number of methoxy groups -OCH3 is 1. The van der Waals surface area contributed by atoms with Gasteiger partial charge in [0, 0.05) is 24.1 Å². The van der Waals surface area contributed by atoms with E-state index in [0.717, 1.165) is 38.5 Å². The number of aliphatic hydroxyl groups is 1. The average Bonchev–Trinajstić information content (AvgIpc) is 3.47. The van der Waals surface area contributed by atoms with Crippen molar-refractivity contribution in [3.05, 3.63) is 24.3 Å².